The van der Waals surface area contributed by atoms with Crippen molar-refractivity contribution in [2.24, 2.45) is 0 Å². The summed E-state index contributed by atoms with van der Waals surface area (Å²) in [6, 6.07) is 15.5. The number of hydrogen-bond donors (Lipinski definition) is 0. The highest BCUT2D eigenvalue weighted by molar-refractivity contribution is 7.89. The minimum absolute atomic E-state index is 0.206. The second kappa shape index (κ2) is 6.90. The number of benzene rings is 2. The van der Waals surface area contributed by atoms with Crippen molar-refractivity contribution in [1.29, 1.82) is 0 Å². The lowest BCUT2D eigenvalue weighted by molar-refractivity contribution is -0.00255. The van der Waals surface area contributed by atoms with Gasteiger partial charge in [0.15, 0.2) is 0 Å². The zero-order chi connectivity index (χ0) is 17.3. The lowest BCUT2D eigenvalue weighted by Gasteiger charge is -2.32. The first-order valence-corrected chi connectivity index (χ1v) is 10.4. The van der Waals surface area contributed by atoms with Gasteiger partial charge in [0, 0.05) is 13.1 Å². The molecule has 0 aromatic heterocycles. The molecule has 0 amide bonds. The van der Waals surface area contributed by atoms with E-state index in [-0.39, 0.29) is 6.10 Å². The van der Waals surface area contributed by atoms with Crippen LogP contribution < -0.4 is 0 Å². The molecule has 0 radical (unpaired) electrons. The first-order valence-electron chi connectivity index (χ1n) is 8.93. The minimum Gasteiger partial charge on any atom is -0.371 e. The molecule has 2 aliphatic rings. The normalized spacial score (nSPS) is 21.7. The van der Waals surface area contributed by atoms with Crippen LogP contribution in [0.15, 0.2) is 53.4 Å². The maximum atomic E-state index is 13.1. The average molecular weight is 357 g/mol. The van der Waals surface area contributed by atoms with E-state index in [0.29, 0.717) is 24.6 Å². The fourth-order valence-corrected chi connectivity index (χ4v) is 5.21. The summed E-state index contributed by atoms with van der Waals surface area (Å²) < 4.78 is 33.6. The molecule has 4 nitrogen and oxygen atoms in total. The van der Waals surface area contributed by atoms with Crippen LogP contribution in [0.25, 0.3) is 0 Å². The molecule has 2 aromatic carbocycles. The van der Waals surface area contributed by atoms with Gasteiger partial charge in [0.25, 0.3) is 0 Å². The Morgan fingerprint density at radius 1 is 0.960 bits per heavy atom. The third kappa shape index (κ3) is 3.36. The topological polar surface area (TPSA) is 46.6 Å². The maximum Gasteiger partial charge on any atom is 0.243 e. The molecule has 5 heteroatoms. The number of morpholine rings is 1. The van der Waals surface area contributed by atoms with Crippen molar-refractivity contribution < 1.29 is 13.2 Å². The number of aryl methyl sites for hydroxylation is 2. The SMILES string of the molecule is O=S(=O)(c1ccc2c(c1)CCCC2)N1CCO[C@H](c2ccccc2)C1. The van der Waals surface area contributed by atoms with Gasteiger partial charge in [-0.3, -0.25) is 0 Å². The molecule has 4 rings (SSSR count). The van der Waals surface area contributed by atoms with Crippen molar-refractivity contribution in [3.8, 4) is 0 Å². The smallest absolute Gasteiger partial charge is 0.243 e. The molecule has 132 valence electrons. The van der Waals surface area contributed by atoms with Crippen LogP contribution in [0.5, 0.6) is 0 Å². The number of rotatable bonds is 3. The zero-order valence-corrected chi connectivity index (χ0v) is 15.0. The molecule has 0 N–H and O–H groups in total. The molecule has 0 saturated carbocycles. The average Bonchev–Trinajstić information content (AvgIpc) is 2.68. The molecule has 1 aliphatic heterocycles. The van der Waals surface area contributed by atoms with Crippen molar-refractivity contribution in [2.45, 2.75) is 36.7 Å². The Labute approximate surface area is 149 Å². The number of fused-ring (bicyclic) bond motifs is 1. The lowest BCUT2D eigenvalue weighted by atomic mass is 9.92. The van der Waals surface area contributed by atoms with E-state index < -0.39 is 10.0 Å². The summed E-state index contributed by atoms with van der Waals surface area (Å²) in [5, 5.41) is 0. The number of ether oxygens (including phenoxy) is 1. The number of hydrogen-bond acceptors (Lipinski definition) is 3. The quantitative estimate of drug-likeness (QED) is 0.846. The predicted molar refractivity (Wildman–Crippen MR) is 97.0 cm³/mol. The van der Waals surface area contributed by atoms with Crippen molar-refractivity contribution >= 4 is 10.0 Å². The van der Waals surface area contributed by atoms with Crippen molar-refractivity contribution in [2.75, 3.05) is 19.7 Å². The Bertz CT molecular complexity index is 848. The van der Waals surface area contributed by atoms with Gasteiger partial charge in [0.05, 0.1) is 17.6 Å². The van der Waals surface area contributed by atoms with Gasteiger partial charge in [-0.25, -0.2) is 8.42 Å². The highest BCUT2D eigenvalue weighted by Gasteiger charge is 2.32. The van der Waals surface area contributed by atoms with Crippen LogP contribution in [-0.4, -0.2) is 32.4 Å². The van der Waals surface area contributed by atoms with E-state index in [9.17, 15) is 8.42 Å². The summed E-state index contributed by atoms with van der Waals surface area (Å²) in [5.41, 5.74) is 3.52. The van der Waals surface area contributed by atoms with Crippen molar-refractivity contribution in [3.63, 3.8) is 0 Å². The largest absolute Gasteiger partial charge is 0.371 e. The summed E-state index contributed by atoms with van der Waals surface area (Å²) in [4.78, 5) is 0.418. The summed E-state index contributed by atoms with van der Waals surface area (Å²) >= 11 is 0. The molecule has 1 heterocycles. The number of nitrogens with zero attached hydrogens (tertiary/aromatic N) is 1. The zero-order valence-electron chi connectivity index (χ0n) is 14.2. The van der Waals surface area contributed by atoms with E-state index in [1.807, 2.05) is 42.5 Å². The minimum atomic E-state index is -3.48. The molecule has 1 aliphatic carbocycles. The third-order valence-corrected chi connectivity index (χ3v) is 7.02. The highest BCUT2D eigenvalue weighted by Crippen LogP contribution is 2.29. The first-order chi connectivity index (χ1) is 12.1. The van der Waals surface area contributed by atoms with Gasteiger partial charge in [0.2, 0.25) is 10.0 Å². The fourth-order valence-electron chi connectivity index (χ4n) is 3.73. The number of sulfonamides is 1. The van der Waals surface area contributed by atoms with Gasteiger partial charge in [0.1, 0.15) is 0 Å². The van der Waals surface area contributed by atoms with Gasteiger partial charge < -0.3 is 4.74 Å². The molecule has 1 atom stereocenters. The molecule has 0 bridgehead atoms. The Hall–Kier alpha value is -1.69. The van der Waals surface area contributed by atoms with Gasteiger partial charge in [-0.05, 0) is 54.5 Å². The summed E-state index contributed by atoms with van der Waals surface area (Å²) in [6.45, 7) is 1.19. The Kier molecular flexibility index (Phi) is 4.63. The van der Waals surface area contributed by atoms with E-state index in [4.69, 9.17) is 4.74 Å². The van der Waals surface area contributed by atoms with Crippen LogP contribution in [0.4, 0.5) is 0 Å². The molecule has 0 spiro atoms. The first kappa shape index (κ1) is 16.8. The van der Waals surface area contributed by atoms with Crippen molar-refractivity contribution in [3.05, 3.63) is 65.2 Å². The maximum absolute atomic E-state index is 13.1. The van der Waals surface area contributed by atoms with Gasteiger partial charge >= 0.3 is 0 Å². The van der Waals surface area contributed by atoms with Crippen LogP contribution in [0.2, 0.25) is 0 Å². The van der Waals surface area contributed by atoms with Crippen LogP contribution in [0.3, 0.4) is 0 Å². The van der Waals surface area contributed by atoms with Crippen LogP contribution in [-0.2, 0) is 27.6 Å². The molecule has 0 unspecified atom stereocenters. The molecule has 25 heavy (non-hydrogen) atoms. The molecule has 2 aromatic rings. The van der Waals surface area contributed by atoms with E-state index in [2.05, 4.69) is 0 Å². The Balaban J connectivity index is 1.59. The predicted octanol–water partition coefficient (Wildman–Crippen LogP) is 3.33. The lowest BCUT2D eigenvalue weighted by Crippen LogP contribution is -2.42. The Morgan fingerprint density at radius 3 is 2.52 bits per heavy atom. The summed E-state index contributed by atoms with van der Waals surface area (Å²) in [6.07, 6.45) is 4.17. The van der Waals surface area contributed by atoms with Gasteiger partial charge in [-0.1, -0.05) is 36.4 Å². The Morgan fingerprint density at radius 2 is 1.72 bits per heavy atom. The molecule has 1 saturated heterocycles. The molecular weight excluding hydrogens is 334 g/mol. The van der Waals surface area contributed by atoms with Crippen LogP contribution in [0, 0.1) is 0 Å². The second-order valence-electron chi connectivity index (χ2n) is 6.77. The second-order valence-corrected chi connectivity index (χ2v) is 8.71. The van der Waals surface area contributed by atoms with Gasteiger partial charge in [-0.15, -0.1) is 0 Å². The monoisotopic (exact) mass is 357 g/mol. The summed E-state index contributed by atoms with van der Waals surface area (Å²) in [7, 11) is -3.48. The molecule has 1 fully saturated rings. The summed E-state index contributed by atoms with van der Waals surface area (Å²) in [5.74, 6) is 0. The third-order valence-electron chi connectivity index (χ3n) is 5.16. The van der Waals surface area contributed by atoms with Crippen molar-refractivity contribution in [1.82, 2.24) is 4.31 Å². The fraction of sp³-hybridized carbons (Fsp3) is 0.400. The molecular formula is C20H23NO3S. The van der Waals surface area contributed by atoms with Crippen LogP contribution in [0.1, 0.15) is 35.6 Å². The van der Waals surface area contributed by atoms with E-state index >= 15 is 0 Å². The van der Waals surface area contributed by atoms with Crippen LogP contribution >= 0.6 is 0 Å². The van der Waals surface area contributed by atoms with Gasteiger partial charge in [-0.2, -0.15) is 4.31 Å². The van der Waals surface area contributed by atoms with E-state index in [0.717, 1.165) is 24.8 Å². The van der Waals surface area contributed by atoms with E-state index in [1.165, 1.54) is 17.5 Å². The van der Waals surface area contributed by atoms with E-state index in [1.54, 1.807) is 10.4 Å². The highest BCUT2D eigenvalue weighted by atomic mass is 32.2. The standard InChI is InChI=1S/C20H23NO3S/c22-25(23,19-11-10-16-6-4-5-9-18(16)14-19)21-12-13-24-20(15-21)17-7-2-1-3-8-17/h1-3,7-8,10-11,14,20H,4-6,9,12-13,15H2/t20-/m0/s1.